The van der Waals surface area contributed by atoms with E-state index in [1.165, 1.54) is 12.0 Å². The maximum absolute atomic E-state index is 13.1. The van der Waals surface area contributed by atoms with Crippen LogP contribution in [0.3, 0.4) is 0 Å². The van der Waals surface area contributed by atoms with Crippen LogP contribution in [-0.2, 0) is 11.3 Å². The minimum Gasteiger partial charge on any atom is -0.308 e. The van der Waals surface area contributed by atoms with E-state index >= 15 is 0 Å². The van der Waals surface area contributed by atoms with Gasteiger partial charge < -0.3 is 5.32 Å². The molecule has 1 atom stereocenters. The summed E-state index contributed by atoms with van der Waals surface area (Å²) in [5, 5.41) is 3.41. The van der Waals surface area contributed by atoms with Crippen molar-refractivity contribution < 1.29 is 4.79 Å². The molecule has 0 aliphatic carbocycles. The van der Waals surface area contributed by atoms with Crippen LogP contribution in [-0.4, -0.2) is 37.0 Å². The number of benzene rings is 3. The summed E-state index contributed by atoms with van der Waals surface area (Å²) in [5.74, 6) is 0.648. The molecule has 4 rings (SSSR count). The Morgan fingerprint density at radius 3 is 2.03 bits per heavy atom. The smallest absolute Gasteiger partial charge is 0.245 e. The van der Waals surface area contributed by atoms with Gasteiger partial charge in [-0.3, -0.25) is 14.6 Å². The lowest BCUT2D eigenvalue weighted by molar-refractivity contribution is -0.117. The number of para-hydroxylation sites is 2. The number of nitrogens with zero attached hydrogens (tertiary/aromatic N) is 2. The second-order valence-electron chi connectivity index (χ2n) is 7.91. The predicted octanol–water partition coefficient (Wildman–Crippen LogP) is 4.46. The molecule has 1 unspecified atom stereocenters. The van der Waals surface area contributed by atoms with E-state index in [1.54, 1.807) is 4.90 Å². The maximum Gasteiger partial charge on any atom is 0.245 e. The quantitative estimate of drug-likeness (QED) is 0.607. The molecule has 0 radical (unpaired) electrons. The molecule has 0 bridgehead atoms. The molecule has 3 aromatic carbocycles. The number of nitrogens with one attached hydrogen (secondary N) is 1. The van der Waals surface area contributed by atoms with Gasteiger partial charge >= 0.3 is 0 Å². The molecule has 4 nitrogen and oxygen atoms in total. The van der Waals surface area contributed by atoms with Crippen molar-refractivity contribution in [3.05, 3.63) is 96.6 Å². The van der Waals surface area contributed by atoms with E-state index in [0.717, 1.165) is 37.6 Å². The molecule has 1 saturated heterocycles. The molecule has 1 aliphatic heterocycles. The molecule has 4 heteroatoms. The number of carbonyl (C=O) groups excluding carboxylic acids is 1. The first-order valence-corrected chi connectivity index (χ1v) is 10.7. The summed E-state index contributed by atoms with van der Waals surface area (Å²) in [5.41, 5.74) is 3.15. The molecule has 3 aromatic rings. The van der Waals surface area contributed by atoms with Crippen LogP contribution in [0.4, 0.5) is 11.4 Å². The molecule has 0 saturated carbocycles. The third-order valence-corrected chi connectivity index (χ3v) is 5.61. The Labute approximate surface area is 179 Å². The largest absolute Gasteiger partial charge is 0.308 e. The Balaban J connectivity index is 1.30. The molecular formula is C26H29N3O. The Hall–Kier alpha value is -2.95. The van der Waals surface area contributed by atoms with Crippen molar-refractivity contribution in [2.45, 2.75) is 13.0 Å². The van der Waals surface area contributed by atoms with E-state index in [4.69, 9.17) is 0 Å². The van der Waals surface area contributed by atoms with E-state index in [0.29, 0.717) is 12.5 Å². The molecule has 154 valence electrons. The second kappa shape index (κ2) is 10.2. The van der Waals surface area contributed by atoms with Crippen molar-refractivity contribution in [2.24, 2.45) is 5.92 Å². The van der Waals surface area contributed by atoms with Gasteiger partial charge in [0.15, 0.2) is 0 Å². The van der Waals surface area contributed by atoms with Gasteiger partial charge in [0.2, 0.25) is 5.91 Å². The lowest BCUT2D eigenvalue weighted by Gasteiger charge is -2.23. The van der Waals surface area contributed by atoms with Crippen LogP contribution < -0.4 is 10.2 Å². The van der Waals surface area contributed by atoms with E-state index in [2.05, 4.69) is 40.5 Å². The second-order valence-corrected chi connectivity index (χ2v) is 7.91. The fourth-order valence-corrected chi connectivity index (χ4v) is 4.12. The third-order valence-electron chi connectivity index (χ3n) is 5.61. The first-order valence-electron chi connectivity index (χ1n) is 10.7. The number of rotatable bonds is 8. The maximum atomic E-state index is 13.1. The Morgan fingerprint density at radius 2 is 1.43 bits per heavy atom. The molecular weight excluding hydrogens is 370 g/mol. The Morgan fingerprint density at radius 1 is 0.867 bits per heavy atom. The minimum absolute atomic E-state index is 0.0616. The van der Waals surface area contributed by atoms with Crippen LogP contribution in [0.2, 0.25) is 0 Å². The lowest BCUT2D eigenvalue weighted by Crippen LogP contribution is -2.37. The zero-order chi connectivity index (χ0) is 20.6. The average molecular weight is 400 g/mol. The highest BCUT2D eigenvalue weighted by Gasteiger charge is 2.23. The van der Waals surface area contributed by atoms with Crippen LogP contribution in [0.25, 0.3) is 0 Å². The van der Waals surface area contributed by atoms with Gasteiger partial charge in [-0.1, -0.05) is 66.7 Å². The summed E-state index contributed by atoms with van der Waals surface area (Å²) in [6.07, 6.45) is 1.18. The van der Waals surface area contributed by atoms with Crippen LogP contribution in [0.5, 0.6) is 0 Å². The third kappa shape index (κ3) is 5.35. The first-order chi connectivity index (χ1) is 14.8. The number of amides is 1. The monoisotopic (exact) mass is 399 g/mol. The highest BCUT2D eigenvalue weighted by molar-refractivity contribution is 6.01. The van der Waals surface area contributed by atoms with Gasteiger partial charge in [0.05, 0.1) is 6.54 Å². The minimum atomic E-state index is 0.0616. The van der Waals surface area contributed by atoms with E-state index in [-0.39, 0.29) is 5.91 Å². The SMILES string of the molecule is O=C(CNCC1CCN(Cc2ccccc2)C1)N(c1ccccc1)c1ccccc1. The van der Waals surface area contributed by atoms with Crippen molar-refractivity contribution in [1.29, 1.82) is 0 Å². The molecule has 1 amide bonds. The summed E-state index contributed by atoms with van der Waals surface area (Å²) in [6, 6.07) is 30.3. The van der Waals surface area contributed by atoms with Gasteiger partial charge in [-0.05, 0) is 55.3 Å². The van der Waals surface area contributed by atoms with Crippen LogP contribution in [0, 0.1) is 5.92 Å². The highest BCUT2D eigenvalue weighted by atomic mass is 16.2. The molecule has 1 N–H and O–H groups in total. The fraction of sp³-hybridized carbons (Fsp3) is 0.269. The van der Waals surface area contributed by atoms with Crippen molar-refractivity contribution >= 4 is 17.3 Å². The Bertz CT molecular complexity index is 875. The first kappa shape index (κ1) is 20.3. The van der Waals surface area contributed by atoms with Gasteiger partial charge in [0.1, 0.15) is 0 Å². The van der Waals surface area contributed by atoms with Crippen LogP contribution in [0.15, 0.2) is 91.0 Å². The van der Waals surface area contributed by atoms with Crippen LogP contribution in [0.1, 0.15) is 12.0 Å². The predicted molar refractivity (Wildman–Crippen MR) is 123 cm³/mol. The van der Waals surface area contributed by atoms with Gasteiger partial charge in [-0.15, -0.1) is 0 Å². The van der Waals surface area contributed by atoms with Gasteiger partial charge in [0.25, 0.3) is 0 Å². The zero-order valence-electron chi connectivity index (χ0n) is 17.3. The fourth-order valence-electron chi connectivity index (χ4n) is 4.12. The van der Waals surface area contributed by atoms with E-state index < -0.39 is 0 Å². The molecule has 1 heterocycles. The standard InChI is InChI=1S/C26H29N3O/c30-26(29(24-12-6-2-7-13-24)25-14-8-3-9-15-25)19-27-18-23-16-17-28(21-23)20-22-10-4-1-5-11-22/h1-15,23,27H,16-21H2. The molecule has 1 aliphatic rings. The normalized spacial score (nSPS) is 16.5. The number of anilines is 2. The van der Waals surface area contributed by atoms with Crippen molar-refractivity contribution in [3.8, 4) is 0 Å². The number of carbonyl (C=O) groups is 1. The lowest BCUT2D eigenvalue weighted by atomic mass is 10.1. The molecule has 1 fully saturated rings. The van der Waals surface area contributed by atoms with Crippen molar-refractivity contribution in [1.82, 2.24) is 10.2 Å². The number of hydrogen-bond donors (Lipinski definition) is 1. The van der Waals surface area contributed by atoms with Crippen molar-refractivity contribution in [2.75, 3.05) is 31.1 Å². The summed E-state index contributed by atoms with van der Waals surface area (Å²) >= 11 is 0. The summed E-state index contributed by atoms with van der Waals surface area (Å²) in [7, 11) is 0. The molecule has 0 spiro atoms. The summed E-state index contributed by atoms with van der Waals surface area (Å²) in [6.45, 7) is 4.41. The highest BCUT2D eigenvalue weighted by Crippen LogP contribution is 2.25. The topological polar surface area (TPSA) is 35.6 Å². The molecule has 0 aromatic heterocycles. The van der Waals surface area contributed by atoms with E-state index in [1.807, 2.05) is 60.7 Å². The van der Waals surface area contributed by atoms with Crippen LogP contribution >= 0.6 is 0 Å². The Kier molecular flexibility index (Phi) is 6.91. The zero-order valence-corrected chi connectivity index (χ0v) is 17.3. The number of hydrogen-bond acceptors (Lipinski definition) is 3. The number of likely N-dealkylation sites (tertiary alicyclic amines) is 1. The summed E-state index contributed by atoms with van der Waals surface area (Å²) < 4.78 is 0. The van der Waals surface area contributed by atoms with Gasteiger partial charge in [-0.2, -0.15) is 0 Å². The van der Waals surface area contributed by atoms with Crippen molar-refractivity contribution in [3.63, 3.8) is 0 Å². The van der Waals surface area contributed by atoms with Gasteiger partial charge in [-0.25, -0.2) is 0 Å². The average Bonchev–Trinajstić information content (AvgIpc) is 3.23. The summed E-state index contributed by atoms with van der Waals surface area (Å²) in [4.78, 5) is 17.4. The van der Waals surface area contributed by atoms with Gasteiger partial charge in [0, 0.05) is 24.5 Å². The molecule has 30 heavy (non-hydrogen) atoms. The van der Waals surface area contributed by atoms with E-state index in [9.17, 15) is 4.79 Å².